The molecule has 61 heavy (non-hydrogen) atoms. The van der Waals surface area contributed by atoms with Crippen LogP contribution in [0.2, 0.25) is 0 Å². The zero-order valence-corrected chi connectivity index (χ0v) is 33.9. The summed E-state index contributed by atoms with van der Waals surface area (Å²) in [6.45, 7) is 6.11. The Bertz CT molecular complexity index is 2500. The number of amides is 3. The van der Waals surface area contributed by atoms with E-state index in [2.05, 4.69) is 20.0 Å². The SMILES string of the molecule is O=C(CN1CCN(C[C@@H]2C[C@@H]3CC[C@H]2CN3C(=O)c2c(F)cc(-c3ccccc3)cc2F)CC1)N1CCN(C(=O)c2cc(Cc3n[nH]c(=O)c4ccccc34)ccc2F)CC1. The van der Waals surface area contributed by atoms with Crippen LogP contribution in [-0.2, 0) is 11.2 Å². The van der Waals surface area contributed by atoms with Crippen LogP contribution >= 0.6 is 0 Å². The maximum absolute atomic E-state index is 15.3. The van der Waals surface area contributed by atoms with E-state index in [4.69, 9.17) is 0 Å². The number of aromatic nitrogens is 2. The summed E-state index contributed by atoms with van der Waals surface area (Å²) in [6, 6.07) is 23.0. The van der Waals surface area contributed by atoms with Gasteiger partial charge in [-0.2, -0.15) is 5.10 Å². The van der Waals surface area contributed by atoms with Gasteiger partial charge in [0, 0.05) is 83.3 Å². The minimum Gasteiger partial charge on any atom is -0.338 e. The van der Waals surface area contributed by atoms with E-state index in [0.29, 0.717) is 78.2 Å². The number of halogens is 3. The van der Waals surface area contributed by atoms with Crippen LogP contribution < -0.4 is 5.56 Å². The second-order valence-corrected chi connectivity index (χ2v) is 16.9. The Balaban J connectivity index is 0.730. The smallest absolute Gasteiger partial charge is 0.272 e. The van der Waals surface area contributed by atoms with Crippen molar-refractivity contribution in [3.05, 3.63) is 135 Å². The molecular formula is C47H48F3N7O4. The van der Waals surface area contributed by atoms with E-state index in [9.17, 15) is 19.2 Å². The first-order chi connectivity index (χ1) is 29.6. The number of piperazine rings is 2. The third kappa shape index (κ3) is 8.43. The van der Waals surface area contributed by atoms with Crippen molar-refractivity contribution in [1.29, 1.82) is 0 Å². The molecule has 2 bridgehead atoms. The molecule has 14 heteroatoms. The van der Waals surface area contributed by atoms with Gasteiger partial charge in [0.05, 0.1) is 23.2 Å². The number of nitrogens with one attached hydrogen (secondary N) is 1. The van der Waals surface area contributed by atoms with Gasteiger partial charge in [0.25, 0.3) is 17.4 Å². The number of aromatic amines is 1. The van der Waals surface area contributed by atoms with E-state index in [0.717, 1.165) is 52.0 Å². The van der Waals surface area contributed by atoms with Gasteiger partial charge in [0.15, 0.2) is 0 Å². The lowest BCUT2D eigenvalue weighted by Crippen LogP contribution is -2.58. The molecule has 1 aliphatic carbocycles. The van der Waals surface area contributed by atoms with Crippen LogP contribution in [0.3, 0.4) is 0 Å². The molecule has 11 nitrogen and oxygen atoms in total. The van der Waals surface area contributed by atoms with Crippen molar-refractivity contribution in [3.63, 3.8) is 0 Å². The topological polar surface area (TPSA) is 113 Å². The summed E-state index contributed by atoms with van der Waals surface area (Å²) in [6.07, 6.45) is 2.92. The third-order valence-corrected chi connectivity index (χ3v) is 13.3. The summed E-state index contributed by atoms with van der Waals surface area (Å²) >= 11 is 0. The summed E-state index contributed by atoms with van der Waals surface area (Å²) in [5.41, 5.74) is 1.58. The Kier molecular flexibility index (Phi) is 11.5. The number of benzene rings is 4. The molecule has 5 heterocycles. The summed E-state index contributed by atoms with van der Waals surface area (Å²) in [4.78, 5) is 62.4. The number of hydrogen-bond donors (Lipinski definition) is 1. The zero-order chi connectivity index (χ0) is 42.2. The number of rotatable bonds is 9. The largest absolute Gasteiger partial charge is 0.338 e. The van der Waals surface area contributed by atoms with Gasteiger partial charge in [-0.05, 0) is 78.1 Å². The molecule has 1 aromatic heterocycles. The predicted octanol–water partition coefficient (Wildman–Crippen LogP) is 5.44. The van der Waals surface area contributed by atoms with Gasteiger partial charge >= 0.3 is 0 Å². The Labute approximate surface area is 351 Å². The Hall–Kier alpha value is -5.86. The molecule has 3 amide bonds. The van der Waals surface area contributed by atoms with Crippen LogP contribution in [0.15, 0.2) is 89.7 Å². The van der Waals surface area contributed by atoms with E-state index in [1.54, 1.807) is 63.2 Å². The molecule has 4 aromatic carbocycles. The maximum Gasteiger partial charge on any atom is 0.272 e. The minimum absolute atomic E-state index is 0.00582. The van der Waals surface area contributed by atoms with E-state index in [1.165, 1.54) is 18.2 Å². The van der Waals surface area contributed by atoms with Crippen LogP contribution in [0.1, 0.15) is 51.2 Å². The van der Waals surface area contributed by atoms with Crippen molar-refractivity contribution >= 4 is 28.5 Å². The average Bonchev–Trinajstić information content (AvgIpc) is 3.28. The minimum atomic E-state index is -0.835. The van der Waals surface area contributed by atoms with Gasteiger partial charge in [-0.3, -0.25) is 24.1 Å². The number of piperidine rings is 2. The highest BCUT2D eigenvalue weighted by molar-refractivity contribution is 5.96. The van der Waals surface area contributed by atoms with Crippen molar-refractivity contribution in [3.8, 4) is 11.1 Å². The fourth-order valence-electron chi connectivity index (χ4n) is 9.85. The highest BCUT2D eigenvalue weighted by Gasteiger charge is 2.44. The first-order valence-electron chi connectivity index (χ1n) is 21.2. The van der Waals surface area contributed by atoms with Crippen molar-refractivity contribution in [2.24, 2.45) is 11.8 Å². The Morgan fingerprint density at radius 2 is 1.36 bits per heavy atom. The Morgan fingerprint density at radius 1 is 0.689 bits per heavy atom. The molecule has 10 rings (SSSR count). The molecule has 1 saturated carbocycles. The lowest BCUT2D eigenvalue weighted by atomic mass is 9.71. The quantitative estimate of drug-likeness (QED) is 0.211. The molecular weight excluding hydrogens is 784 g/mol. The average molecular weight is 832 g/mol. The van der Waals surface area contributed by atoms with Gasteiger partial charge in [0.2, 0.25) is 5.91 Å². The highest BCUT2D eigenvalue weighted by Crippen LogP contribution is 2.41. The second-order valence-electron chi connectivity index (χ2n) is 16.9. The lowest BCUT2D eigenvalue weighted by molar-refractivity contribution is -0.134. The van der Waals surface area contributed by atoms with Gasteiger partial charge < -0.3 is 19.6 Å². The molecule has 5 aliphatic rings. The van der Waals surface area contributed by atoms with E-state index in [1.807, 2.05) is 18.2 Å². The van der Waals surface area contributed by atoms with Gasteiger partial charge in [0.1, 0.15) is 23.0 Å². The highest BCUT2D eigenvalue weighted by atomic mass is 19.1. The molecule has 4 aliphatic heterocycles. The Morgan fingerprint density at radius 3 is 2.07 bits per heavy atom. The standard InChI is InChI=1S/C47H48F3N7O4/c48-39-13-10-30(23-42-36-8-4-5-9-37(36)45(59)52-51-42)22-38(39)46(60)56-20-18-55(19-21-56)43(58)29-54-16-14-53(15-17-54)27-34-24-35-12-11-32(34)28-57(35)47(61)44-40(49)25-33(26-41(44)50)31-6-2-1-3-7-31/h1-10,13,22,25-26,32,34-35H,11-12,14-21,23-24,27-29H2,(H,52,59)/t32-,34-,35-/m0/s1. The second kappa shape index (κ2) is 17.3. The maximum atomic E-state index is 15.3. The fraction of sp³-hybridized carbons (Fsp3) is 0.383. The van der Waals surface area contributed by atoms with Crippen molar-refractivity contribution in [2.45, 2.75) is 31.7 Å². The molecule has 3 atom stereocenters. The van der Waals surface area contributed by atoms with Gasteiger partial charge in [-0.25, -0.2) is 18.3 Å². The van der Waals surface area contributed by atoms with Gasteiger partial charge in [-0.1, -0.05) is 54.6 Å². The third-order valence-electron chi connectivity index (χ3n) is 13.3. The number of carbonyl (C=O) groups is 3. The summed E-state index contributed by atoms with van der Waals surface area (Å²) in [5.74, 6) is -2.63. The first kappa shape index (κ1) is 40.5. The van der Waals surface area contributed by atoms with Crippen LogP contribution in [0.4, 0.5) is 13.2 Å². The summed E-state index contributed by atoms with van der Waals surface area (Å²) in [7, 11) is 0. The number of nitrogens with zero attached hydrogens (tertiary/aromatic N) is 6. The normalized spacial score (nSPS) is 21.0. The molecule has 4 saturated heterocycles. The predicted molar refractivity (Wildman–Crippen MR) is 224 cm³/mol. The number of fused-ring (bicyclic) bond motifs is 4. The molecule has 0 spiro atoms. The molecule has 0 unspecified atom stereocenters. The van der Waals surface area contributed by atoms with E-state index >= 15 is 13.2 Å². The van der Waals surface area contributed by atoms with Crippen molar-refractivity contribution in [1.82, 2.24) is 34.7 Å². The summed E-state index contributed by atoms with van der Waals surface area (Å²) < 4.78 is 45.7. The fourth-order valence-corrected chi connectivity index (χ4v) is 9.85. The van der Waals surface area contributed by atoms with Crippen LogP contribution in [-0.4, -0.2) is 130 Å². The monoisotopic (exact) mass is 831 g/mol. The van der Waals surface area contributed by atoms with Crippen molar-refractivity contribution in [2.75, 3.05) is 72.0 Å². The van der Waals surface area contributed by atoms with E-state index in [-0.39, 0.29) is 35.5 Å². The van der Waals surface area contributed by atoms with Crippen LogP contribution in [0.25, 0.3) is 21.9 Å². The first-order valence-corrected chi connectivity index (χ1v) is 21.2. The van der Waals surface area contributed by atoms with E-state index < -0.39 is 34.8 Å². The molecule has 5 aromatic rings. The van der Waals surface area contributed by atoms with Crippen LogP contribution in [0, 0.1) is 29.3 Å². The number of carbonyl (C=O) groups excluding carboxylic acids is 3. The van der Waals surface area contributed by atoms with Crippen LogP contribution in [0.5, 0.6) is 0 Å². The zero-order valence-electron chi connectivity index (χ0n) is 33.9. The molecule has 316 valence electrons. The summed E-state index contributed by atoms with van der Waals surface area (Å²) in [5, 5.41) is 7.94. The number of H-pyrrole nitrogens is 1. The molecule has 1 N–H and O–H groups in total. The van der Waals surface area contributed by atoms with Crippen molar-refractivity contribution < 1.29 is 27.6 Å². The molecule has 5 fully saturated rings. The number of hydrogen-bond acceptors (Lipinski definition) is 7. The van der Waals surface area contributed by atoms with Gasteiger partial charge in [-0.15, -0.1) is 0 Å². The lowest BCUT2D eigenvalue weighted by Gasteiger charge is -2.51. The molecule has 0 radical (unpaired) electrons.